The van der Waals surface area contributed by atoms with Crippen molar-refractivity contribution in [1.29, 1.82) is 0 Å². The van der Waals surface area contributed by atoms with E-state index < -0.39 is 0 Å². The number of amides is 1. The molecule has 2 rings (SSSR count). The van der Waals surface area contributed by atoms with Crippen molar-refractivity contribution in [3.63, 3.8) is 0 Å². The molecule has 0 spiro atoms. The Morgan fingerprint density at radius 3 is 2.65 bits per heavy atom. The highest BCUT2D eigenvalue weighted by molar-refractivity contribution is 5.79. The predicted molar refractivity (Wildman–Crippen MR) is 70.8 cm³/mol. The lowest BCUT2D eigenvalue weighted by Crippen LogP contribution is -2.31. The molecule has 2 nitrogen and oxygen atoms in total. The average Bonchev–Trinajstić information content (AvgIpc) is 2.74. The van der Waals surface area contributed by atoms with Crippen LogP contribution < -0.4 is 0 Å². The number of hydrogen-bond acceptors (Lipinski definition) is 1. The van der Waals surface area contributed by atoms with Crippen LogP contribution in [0.25, 0.3) is 6.08 Å². The molecule has 1 aromatic carbocycles. The highest BCUT2D eigenvalue weighted by Crippen LogP contribution is 2.32. The molecule has 17 heavy (non-hydrogen) atoms. The van der Waals surface area contributed by atoms with Crippen molar-refractivity contribution in [3.05, 3.63) is 41.5 Å². The molecule has 0 saturated carbocycles. The first kappa shape index (κ1) is 11.9. The van der Waals surface area contributed by atoms with Crippen LogP contribution in [0.4, 0.5) is 0 Å². The van der Waals surface area contributed by atoms with Gasteiger partial charge in [-0.3, -0.25) is 4.79 Å². The second kappa shape index (κ2) is 5.17. The summed E-state index contributed by atoms with van der Waals surface area (Å²) in [6.07, 6.45) is 4.86. The van der Waals surface area contributed by atoms with Gasteiger partial charge in [0.2, 0.25) is 5.91 Å². The van der Waals surface area contributed by atoms with E-state index in [0.29, 0.717) is 6.42 Å². The SMILES string of the molecule is CCN(CC)C(=O)CC1C=Cc2ccccc21. The Kier molecular flexibility index (Phi) is 3.62. The summed E-state index contributed by atoms with van der Waals surface area (Å²) in [5.74, 6) is 0.514. The monoisotopic (exact) mass is 229 g/mol. The lowest BCUT2D eigenvalue weighted by atomic mass is 9.97. The van der Waals surface area contributed by atoms with Gasteiger partial charge in [0.1, 0.15) is 0 Å². The van der Waals surface area contributed by atoms with E-state index in [1.165, 1.54) is 11.1 Å². The van der Waals surface area contributed by atoms with Gasteiger partial charge in [-0.05, 0) is 25.0 Å². The summed E-state index contributed by atoms with van der Waals surface area (Å²) in [4.78, 5) is 14.0. The van der Waals surface area contributed by atoms with Crippen LogP contribution in [0, 0.1) is 0 Å². The van der Waals surface area contributed by atoms with Crippen molar-refractivity contribution < 1.29 is 4.79 Å². The molecule has 0 aliphatic heterocycles. The number of carbonyl (C=O) groups excluding carboxylic acids is 1. The predicted octanol–water partition coefficient (Wildman–Crippen LogP) is 3.06. The molecule has 1 amide bonds. The lowest BCUT2D eigenvalue weighted by molar-refractivity contribution is -0.131. The van der Waals surface area contributed by atoms with Gasteiger partial charge >= 0.3 is 0 Å². The molecule has 0 bridgehead atoms. The molecule has 0 aromatic heterocycles. The van der Waals surface area contributed by atoms with Crippen LogP contribution in [0.1, 0.15) is 37.3 Å². The molecule has 0 fully saturated rings. The Morgan fingerprint density at radius 2 is 1.94 bits per heavy atom. The third-order valence-corrected chi connectivity index (χ3v) is 3.41. The fourth-order valence-corrected chi connectivity index (χ4v) is 2.40. The molecular weight excluding hydrogens is 210 g/mol. The van der Waals surface area contributed by atoms with Crippen molar-refractivity contribution in [2.75, 3.05) is 13.1 Å². The Bertz CT molecular complexity index is 432. The highest BCUT2D eigenvalue weighted by atomic mass is 16.2. The maximum atomic E-state index is 12.1. The van der Waals surface area contributed by atoms with Gasteiger partial charge in [-0.2, -0.15) is 0 Å². The van der Waals surface area contributed by atoms with Crippen molar-refractivity contribution >= 4 is 12.0 Å². The summed E-state index contributed by atoms with van der Waals surface area (Å²) in [6, 6.07) is 8.31. The molecule has 1 aliphatic rings. The number of nitrogens with zero attached hydrogens (tertiary/aromatic N) is 1. The topological polar surface area (TPSA) is 20.3 Å². The van der Waals surface area contributed by atoms with Crippen LogP contribution in [0.5, 0.6) is 0 Å². The number of fused-ring (bicyclic) bond motifs is 1. The molecule has 1 aliphatic carbocycles. The van der Waals surface area contributed by atoms with E-state index >= 15 is 0 Å². The molecule has 1 aromatic rings. The number of allylic oxidation sites excluding steroid dienone is 1. The largest absolute Gasteiger partial charge is 0.343 e. The van der Waals surface area contributed by atoms with E-state index in [1.54, 1.807) is 0 Å². The van der Waals surface area contributed by atoms with Crippen LogP contribution in [0.15, 0.2) is 30.3 Å². The van der Waals surface area contributed by atoms with Crippen molar-refractivity contribution in [1.82, 2.24) is 4.90 Å². The second-order valence-corrected chi connectivity index (χ2v) is 4.36. The molecule has 1 atom stereocenters. The fourth-order valence-electron chi connectivity index (χ4n) is 2.40. The Hall–Kier alpha value is -1.57. The minimum atomic E-state index is 0.251. The van der Waals surface area contributed by atoms with E-state index in [1.807, 2.05) is 30.9 Å². The molecule has 90 valence electrons. The first-order chi connectivity index (χ1) is 8.26. The van der Waals surface area contributed by atoms with Crippen LogP contribution in [0.3, 0.4) is 0 Å². The standard InChI is InChI=1S/C15H19NO/c1-3-16(4-2)15(17)11-13-10-9-12-7-5-6-8-14(12)13/h5-10,13H,3-4,11H2,1-2H3. The fraction of sp³-hybridized carbons (Fsp3) is 0.400. The van der Waals surface area contributed by atoms with E-state index in [9.17, 15) is 4.79 Å². The number of rotatable bonds is 4. The van der Waals surface area contributed by atoms with Crippen molar-refractivity contribution in [3.8, 4) is 0 Å². The summed E-state index contributed by atoms with van der Waals surface area (Å²) >= 11 is 0. The number of benzene rings is 1. The molecule has 1 unspecified atom stereocenters. The minimum Gasteiger partial charge on any atom is -0.343 e. The van der Waals surface area contributed by atoms with E-state index in [0.717, 1.165) is 13.1 Å². The molecule has 0 N–H and O–H groups in total. The van der Waals surface area contributed by atoms with Gasteiger partial charge in [0.25, 0.3) is 0 Å². The molecule has 2 heteroatoms. The molecule has 0 radical (unpaired) electrons. The van der Waals surface area contributed by atoms with E-state index in [2.05, 4.69) is 24.3 Å². The molecular formula is C15H19NO. The Labute approximate surface area is 103 Å². The summed E-state index contributed by atoms with van der Waals surface area (Å²) in [6.45, 7) is 5.65. The van der Waals surface area contributed by atoms with Gasteiger partial charge in [0, 0.05) is 25.4 Å². The maximum Gasteiger partial charge on any atom is 0.223 e. The quantitative estimate of drug-likeness (QED) is 0.777. The molecule has 0 heterocycles. The smallest absolute Gasteiger partial charge is 0.223 e. The average molecular weight is 229 g/mol. The van der Waals surface area contributed by atoms with Crippen LogP contribution in [-0.4, -0.2) is 23.9 Å². The van der Waals surface area contributed by atoms with Crippen molar-refractivity contribution in [2.24, 2.45) is 0 Å². The highest BCUT2D eigenvalue weighted by Gasteiger charge is 2.21. The van der Waals surface area contributed by atoms with E-state index in [-0.39, 0.29) is 11.8 Å². The molecule has 0 saturated heterocycles. The van der Waals surface area contributed by atoms with E-state index in [4.69, 9.17) is 0 Å². The summed E-state index contributed by atoms with van der Waals surface area (Å²) in [5.41, 5.74) is 2.54. The normalized spacial score (nSPS) is 16.9. The number of hydrogen-bond donors (Lipinski definition) is 0. The zero-order valence-electron chi connectivity index (χ0n) is 10.5. The van der Waals surface area contributed by atoms with Crippen molar-refractivity contribution in [2.45, 2.75) is 26.2 Å². The Morgan fingerprint density at radius 1 is 1.24 bits per heavy atom. The van der Waals surface area contributed by atoms with Crippen LogP contribution >= 0.6 is 0 Å². The first-order valence-corrected chi connectivity index (χ1v) is 6.31. The Balaban J connectivity index is 2.07. The summed E-state index contributed by atoms with van der Waals surface area (Å²) in [7, 11) is 0. The van der Waals surface area contributed by atoms with Gasteiger partial charge in [-0.25, -0.2) is 0 Å². The lowest BCUT2D eigenvalue weighted by Gasteiger charge is -2.20. The minimum absolute atomic E-state index is 0.251. The summed E-state index contributed by atoms with van der Waals surface area (Å²) < 4.78 is 0. The first-order valence-electron chi connectivity index (χ1n) is 6.31. The second-order valence-electron chi connectivity index (χ2n) is 4.36. The maximum absolute atomic E-state index is 12.1. The third kappa shape index (κ3) is 2.41. The van der Waals surface area contributed by atoms with Crippen LogP contribution in [0.2, 0.25) is 0 Å². The van der Waals surface area contributed by atoms with Crippen LogP contribution in [-0.2, 0) is 4.79 Å². The zero-order chi connectivity index (χ0) is 12.3. The van der Waals surface area contributed by atoms with Gasteiger partial charge in [-0.1, -0.05) is 36.4 Å². The summed E-state index contributed by atoms with van der Waals surface area (Å²) in [5, 5.41) is 0. The zero-order valence-corrected chi connectivity index (χ0v) is 10.5. The van der Waals surface area contributed by atoms with Gasteiger partial charge in [0.05, 0.1) is 0 Å². The van der Waals surface area contributed by atoms with Gasteiger partial charge < -0.3 is 4.90 Å². The third-order valence-electron chi connectivity index (χ3n) is 3.41. The number of carbonyl (C=O) groups is 1. The van der Waals surface area contributed by atoms with Gasteiger partial charge in [0.15, 0.2) is 0 Å². The van der Waals surface area contributed by atoms with Gasteiger partial charge in [-0.15, -0.1) is 0 Å².